The summed E-state index contributed by atoms with van der Waals surface area (Å²) >= 11 is 0. The summed E-state index contributed by atoms with van der Waals surface area (Å²) in [5.41, 5.74) is 5.76. The van der Waals surface area contributed by atoms with E-state index in [9.17, 15) is 9.90 Å². The van der Waals surface area contributed by atoms with Crippen LogP contribution in [0.5, 0.6) is 0 Å². The number of nitrogens with two attached hydrogens (primary N) is 1. The second-order valence-electron chi connectivity index (χ2n) is 10.6. The summed E-state index contributed by atoms with van der Waals surface area (Å²) in [7, 11) is 0. The first-order chi connectivity index (χ1) is 16.6. The Balaban J connectivity index is 1.82. The van der Waals surface area contributed by atoms with Crippen LogP contribution in [0.25, 0.3) is 11.2 Å². The summed E-state index contributed by atoms with van der Waals surface area (Å²) in [4.78, 5) is 28.3. The summed E-state index contributed by atoms with van der Waals surface area (Å²) in [5.74, 6) is 2.27. The molecule has 0 saturated heterocycles. The molecule has 5 N–H and O–H groups in total. The Labute approximate surface area is 205 Å². The molecule has 1 amide bonds. The molecule has 4 rings (SSSR count). The molecule has 0 spiro atoms. The van der Waals surface area contributed by atoms with E-state index >= 15 is 0 Å². The molecular weight excluding hydrogens is 446 g/mol. The molecule has 2 aromatic rings. The summed E-state index contributed by atoms with van der Waals surface area (Å²) in [5, 5.41) is 23.6. The van der Waals surface area contributed by atoms with Crippen LogP contribution in [0, 0.1) is 17.8 Å². The minimum Gasteiger partial charge on any atom is -0.463 e. The van der Waals surface area contributed by atoms with E-state index < -0.39 is 11.7 Å². The van der Waals surface area contributed by atoms with Crippen LogP contribution in [0.1, 0.15) is 77.4 Å². The lowest BCUT2D eigenvalue weighted by Crippen LogP contribution is -2.32. The summed E-state index contributed by atoms with van der Waals surface area (Å²) in [6.07, 6.45) is 8.50. The molecule has 0 bridgehead atoms. The van der Waals surface area contributed by atoms with Gasteiger partial charge in [0, 0.05) is 12.6 Å². The van der Waals surface area contributed by atoms with E-state index in [1.54, 1.807) is 13.8 Å². The van der Waals surface area contributed by atoms with Crippen molar-refractivity contribution in [3.63, 3.8) is 0 Å². The van der Waals surface area contributed by atoms with E-state index in [2.05, 4.69) is 33.8 Å². The maximum absolute atomic E-state index is 11.1. The molecule has 1 atom stereocenters. The third-order valence-electron chi connectivity index (χ3n) is 7.48. The molecule has 190 valence electrons. The Bertz CT molecular complexity index is 1120. The second kappa shape index (κ2) is 9.93. The minimum atomic E-state index is -1.42. The molecule has 2 saturated carbocycles. The molecule has 0 radical (unpaired) electrons. The molecule has 10 heteroatoms. The van der Waals surface area contributed by atoms with E-state index in [1.165, 1.54) is 6.42 Å². The molecule has 0 aromatic carbocycles. The maximum atomic E-state index is 11.1. The van der Waals surface area contributed by atoms with Crippen molar-refractivity contribution < 1.29 is 15.0 Å². The van der Waals surface area contributed by atoms with Gasteiger partial charge in [-0.2, -0.15) is 4.99 Å². The largest absolute Gasteiger partial charge is 0.463 e. The van der Waals surface area contributed by atoms with Crippen molar-refractivity contribution in [2.24, 2.45) is 28.5 Å². The van der Waals surface area contributed by atoms with Gasteiger partial charge in [0.1, 0.15) is 16.9 Å². The molecule has 0 aliphatic heterocycles. The lowest BCUT2D eigenvalue weighted by atomic mass is 9.80. The predicted octanol–water partition coefficient (Wildman–Crippen LogP) is 4.03. The number of hydrogen-bond donors (Lipinski definition) is 4. The minimum absolute atomic E-state index is 0.00152. The standard InChI is InChI=1S/C25H37N7O3/c1-5-15-9-11-16(12-10-15)13-32-18-20(27-14(2)17-7-6-8-17)29-22(19(26)28-24(33)34)30-21(18)31-23(32)25(3,4)35/h5,14-17,35H,1,6-13H2,2-4H3,(H2,26,28)(H,33,34)(H,27,29,30). The zero-order chi connectivity index (χ0) is 25.3. The second-order valence-corrected chi connectivity index (χ2v) is 10.6. The van der Waals surface area contributed by atoms with Crippen LogP contribution in [0.3, 0.4) is 0 Å². The molecule has 35 heavy (non-hydrogen) atoms. The monoisotopic (exact) mass is 483 g/mol. The van der Waals surface area contributed by atoms with Crippen molar-refractivity contribution in [3.8, 4) is 0 Å². The highest BCUT2D eigenvalue weighted by atomic mass is 16.4. The van der Waals surface area contributed by atoms with Gasteiger partial charge in [-0.1, -0.05) is 12.5 Å². The number of nitrogens with one attached hydrogen (secondary N) is 1. The van der Waals surface area contributed by atoms with Gasteiger partial charge in [0.05, 0.1) is 0 Å². The molecule has 1 unspecified atom stereocenters. The van der Waals surface area contributed by atoms with Crippen LogP contribution in [0.4, 0.5) is 10.6 Å². The van der Waals surface area contributed by atoms with Gasteiger partial charge in [-0.15, -0.1) is 6.58 Å². The molecule has 2 aliphatic carbocycles. The number of rotatable bonds is 8. The summed E-state index contributed by atoms with van der Waals surface area (Å²) < 4.78 is 2.04. The first-order valence-electron chi connectivity index (χ1n) is 12.5. The Kier molecular flexibility index (Phi) is 7.12. The zero-order valence-electron chi connectivity index (χ0n) is 20.9. The van der Waals surface area contributed by atoms with Crippen molar-refractivity contribution in [1.82, 2.24) is 19.5 Å². The van der Waals surface area contributed by atoms with Crippen LogP contribution in [-0.4, -0.2) is 47.7 Å². The van der Waals surface area contributed by atoms with Gasteiger partial charge in [0.2, 0.25) is 0 Å². The number of aliphatic imine (C=N–C) groups is 1. The summed E-state index contributed by atoms with van der Waals surface area (Å²) in [6, 6.07) is 0.157. The van der Waals surface area contributed by atoms with E-state index in [4.69, 9.17) is 15.8 Å². The summed E-state index contributed by atoms with van der Waals surface area (Å²) in [6.45, 7) is 10.2. The number of amides is 1. The predicted molar refractivity (Wildman–Crippen MR) is 135 cm³/mol. The highest BCUT2D eigenvalue weighted by Gasteiger charge is 2.32. The number of amidine groups is 1. The highest BCUT2D eigenvalue weighted by molar-refractivity contribution is 6.01. The molecule has 2 aliphatic rings. The fourth-order valence-electron chi connectivity index (χ4n) is 5.19. The maximum Gasteiger partial charge on any atom is 0.433 e. The third-order valence-corrected chi connectivity index (χ3v) is 7.48. The van der Waals surface area contributed by atoms with Crippen molar-refractivity contribution in [2.75, 3.05) is 5.32 Å². The zero-order valence-corrected chi connectivity index (χ0v) is 20.9. The van der Waals surface area contributed by atoms with Crippen LogP contribution in [0.15, 0.2) is 17.6 Å². The fourth-order valence-corrected chi connectivity index (χ4v) is 5.19. The highest BCUT2D eigenvalue weighted by Crippen LogP contribution is 2.36. The first-order valence-corrected chi connectivity index (χ1v) is 12.5. The molecule has 2 aromatic heterocycles. The number of aromatic nitrogens is 4. The van der Waals surface area contributed by atoms with Gasteiger partial charge in [-0.3, -0.25) is 0 Å². The van der Waals surface area contributed by atoms with Crippen molar-refractivity contribution in [3.05, 3.63) is 24.3 Å². The van der Waals surface area contributed by atoms with Crippen LogP contribution >= 0.6 is 0 Å². The van der Waals surface area contributed by atoms with Crippen molar-refractivity contribution >= 4 is 28.9 Å². The lowest BCUT2D eigenvalue weighted by Gasteiger charge is -2.32. The Hall–Kier alpha value is -3.01. The number of allylic oxidation sites excluding steroid dienone is 1. The Morgan fingerprint density at radius 3 is 2.49 bits per heavy atom. The van der Waals surface area contributed by atoms with Gasteiger partial charge >= 0.3 is 6.09 Å². The van der Waals surface area contributed by atoms with Gasteiger partial charge in [0.15, 0.2) is 23.1 Å². The number of fused-ring (bicyclic) bond motifs is 1. The van der Waals surface area contributed by atoms with E-state index in [0.717, 1.165) is 38.5 Å². The fraction of sp³-hybridized carbons (Fsp3) is 0.640. The Morgan fingerprint density at radius 2 is 1.94 bits per heavy atom. The third kappa shape index (κ3) is 5.47. The molecular formula is C25H37N7O3. The van der Waals surface area contributed by atoms with E-state index in [0.29, 0.717) is 47.1 Å². The van der Waals surface area contributed by atoms with Crippen molar-refractivity contribution in [2.45, 2.75) is 83.9 Å². The number of aliphatic hydroxyl groups is 1. The van der Waals surface area contributed by atoms with Gasteiger partial charge in [0.25, 0.3) is 0 Å². The van der Waals surface area contributed by atoms with Crippen LogP contribution < -0.4 is 11.1 Å². The van der Waals surface area contributed by atoms with E-state index in [-0.39, 0.29) is 17.7 Å². The van der Waals surface area contributed by atoms with Crippen LogP contribution in [-0.2, 0) is 12.1 Å². The number of imidazole rings is 1. The Morgan fingerprint density at radius 1 is 1.26 bits per heavy atom. The van der Waals surface area contributed by atoms with E-state index in [1.807, 2.05) is 10.6 Å². The van der Waals surface area contributed by atoms with Gasteiger partial charge in [-0.05, 0) is 77.0 Å². The molecule has 2 fully saturated rings. The topological polar surface area (TPSA) is 152 Å². The average Bonchev–Trinajstić information content (AvgIpc) is 3.11. The normalized spacial score (nSPS) is 22.6. The number of anilines is 1. The van der Waals surface area contributed by atoms with Crippen molar-refractivity contribution in [1.29, 1.82) is 0 Å². The quantitative estimate of drug-likeness (QED) is 0.249. The molecule has 2 heterocycles. The average molecular weight is 484 g/mol. The number of carbonyl (C=O) groups is 1. The molecule has 10 nitrogen and oxygen atoms in total. The number of nitrogens with zero attached hydrogens (tertiary/aromatic N) is 5. The van der Waals surface area contributed by atoms with Crippen LogP contribution in [0.2, 0.25) is 0 Å². The number of carboxylic acid groups (broad SMARTS) is 1. The van der Waals surface area contributed by atoms with Gasteiger partial charge < -0.3 is 25.8 Å². The smallest absolute Gasteiger partial charge is 0.433 e. The number of hydrogen-bond acceptors (Lipinski definition) is 6. The SMILES string of the molecule is C=CC1CCC(Cn2c(C(C)(C)O)nc3nc(C(N)=NC(=O)O)nc(NC(C)C4CCC4)c32)CC1. The lowest BCUT2D eigenvalue weighted by molar-refractivity contribution is 0.0637. The first kappa shape index (κ1) is 25.1. The van der Waals surface area contributed by atoms with Gasteiger partial charge in [-0.25, -0.2) is 19.7 Å².